The lowest BCUT2D eigenvalue weighted by atomic mass is 10.1. The molecule has 0 amide bonds. The molecule has 0 saturated carbocycles. The monoisotopic (exact) mass is 455 g/mol. The number of carbonyl (C=O) groups is 2. The summed E-state index contributed by atoms with van der Waals surface area (Å²) in [5.41, 5.74) is 2.68. The van der Waals surface area contributed by atoms with E-state index >= 15 is 0 Å². The highest BCUT2D eigenvalue weighted by molar-refractivity contribution is 6.01. The van der Waals surface area contributed by atoms with Gasteiger partial charge in [0.15, 0.2) is 0 Å². The first-order valence-electron chi connectivity index (χ1n) is 10.3. The van der Waals surface area contributed by atoms with E-state index in [4.69, 9.17) is 28.2 Å². The lowest BCUT2D eigenvalue weighted by Crippen LogP contribution is -2.16. The maximum atomic E-state index is 11.5. The van der Waals surface area contributed by atoms with Crippen LogP contribution in [0.15, 0.2) is 67.5 Å². The normalized spacial score (nSPS) is 12.0. The smallest absolute Gasteiger partial charge is 0.336 e. The number of hydrogen-bond acceptors (Lipinski definition) is 8. The molecule has 1 aromatic carbocycles. The Morgan fingerprint density at radius 1 is 1.06 bits per heavy atom. The summed E-state index contributed by atoms with van der Waals surface area (Å²) in [6.07, 6.45) is 5.72. The van der Waals surface area contributed by atoms with Crippen molar-refractivity contribution in [3.05, 3.63) is 64.2 Å². The van der Waals surface area contributed by atoms with E-state index in [1.54, 1.807) is 18.4 Å². The molecule has 3 rings (SSSR count). The number of ether oxygens (including phenoxy) is 2. The summed E-state index contributed by atoms with van der Waals surface area (Å²) >= 11 is 0. The van der Waals surface area contributed by atoms with Gasteiger partial charge in [0.1, 0.15) is 29.6 Å². The number of allylic oxidation sites excluding steroid dienone is 1. The molecule has 8 nitrogen and oxygen atoms in total. The fourth-order valence-corrected chi connectivity index (χ4v) is 3.15. The molecule has 1 atom stereocenters. The standard InChI is InChI=1S/C23H24O6.C2H4O2/c1-14(2)11-17(28-16(4)24)12-15(3)7-9-27-23-18-5-6-22(25)29-21(18)13-20-19(23)8-10-26-20;1-2(3)4/h5-8,10-11,13,17H,9,12H2,1-4H3;1H3,(H,3,4)/p-1/b15-7+;. The Hall–Kier alpha value is -3.81. The van der Waals surface area contributed by atoms with E-state index in [-0.39, 0.29) is 12.1 Å². The summed E-state index contributed by atoms with van der Waals surface area (Å²) in [4.78, 5) is 31.8. The van der Waals surface area contributed by atoms with E-state index in [2.05, 4.69) is 0 Å². The van der Waals surface area contributed by atoms with Crippen molar-refractivity contribution in [1.82, 2.24) is 0 Å². The minimum absolute atomic E-state index is 0.304. The maximum absolute atomic E-state index is 11.5. The van der Waals surface area contributed by atoms with Crippen LogP contribution in [0.4, 0.5) is 0 Å². The van der Waals surface area contributed by atoms with Crippen molar-refractivity contribution >= 4 is 33.9 Å². The molecule has 0 saturated heterocycles. The van der Waals surface area contributed by atoms with Gasteiger partial charge in [-0.1, -0.05) is 11.1 Å². The molecule has 0 spiro atoms. The largest absolute Gasteiger partial charge is 0.550 e. The van der Waals surface area contributed by atoms with Gasteiger partial charge in [0.25, 0.3) is 0 Å². The van der Waals surface area contributed by atoms with Crippen LogP contribution in [0.5, 0.6) is 5.75 Å². The highest BCUT2D eigenvalue weighted by Crippen LogP contribution is 2.35. The third-order valence-electron chi connectivity index (χ3n) is 4.33. The van der Waals surface area contributed by atoms with Crippen molar-refractivity contribution in [3.63, 3.8) is 0 Å². The van der Waals surface area contributed by atoms with Gasteiger partial charge in [-0.15, -0.1) is 0 Å². The first-order chi connectivity index (χ1) is 15.6. The van der Waals surface area contributed by atoms with Gasteiger partial charge in [0.05, 0.1) is 17.0 Å². The van der Waals surface area contributed by atoms with Gasteiger partial charge in [-0.3, -0.25) is 4.79 Å². The average Bonchev–Trinajstić information content (AvgIpc) is 3.13. The zero-order chi connectivity index (χ0) is 24.5. The van der Waals surface area contributed by atoms with Gasteiger partial charge in [0, 0.05) is 31.4 Å². The van der Waals surface area contributed by atoms with Crippen LogP contribution in [-0.2, 0) is 14.3 Å². The number of carboxylic acid groups (broad SMARTS) is 1. The molecule has 0 bridgehead atoms. The van der Waals surface area contributed by atoms with Crippen LogP contribution < -0.4 is 15.5 Å². The number of furan rings is 1. The van der Waals surface area contributed by atoms with Crippen molar-refractivity contribution in [3.8, 4) is 5.75 Å². The second-order valence-corrected chi connectivity index (χ2v) is 7.65. The third kappa shape index (κ3) is 7.99. The van der Waals surface area contributed by atoms with Gasteiger partial charge in [-0.2, -0.15) is 0 Å². The molecule has 0 aliphatic heterocycles. The molecular weight excluding hydrogens is 428 g/mol. The molecule has 176 valence electrons. The van der Waals surface area contributed by atoms with Crippen LogP contribution in [0, 0.1) is 0 Å². The van der Waals surface area contributed by atoms with E-state index < -0.39 is 11.6 Å². The van der Waals surface area contributed by atoms with E-state index in [0.717, 1.165) is 23.5 Å². The van der Waals surface area contributed by atoms with Crippen LogP contribution in [-0.4, -0.2) is 24.6 Å². The molecule has 8 heteroatoms. The van der Waals surface area contributed by atoms with Crippen LogP contribution in [0.3, 0.4) is 0 Å². The quantitative estimate of drug-likeness (QED) is 0.299. The number of carbonyl (C=O) groups excluding carboxylic acids is 2. The number of benzene rings is 1. The van der Waals surface area contributed by atoms with Gasteiger partial charge < -0.3 is 28.2 Å². The molecular formula is C25H27O8-. The number of hydrogen-bond donors (Lipinski definition) is 0. The predicted molar refractivity (Wildman–Crippen MR) is 122 cm³/mol. The fourth-order valence-electron chi connectivity index (χ4n) is 3.15. The first kappa shape index (κ1) is 25.5. The van der Waals surface area contributed by atoms with Gasteiger partial charge in [-0.25, -0.2) is 4.79 Å². The number of fused-ring (bicyclic) bond motifs is 2. The van der Waals surface area contributed by atoms with Crippen molar-refractivity contribution in [1.29, 1.82) is 0 Å². The number of rotatable bonds is 7. The molecule has 2 aromatic heterocycles. The molecule has 33 heavy (non-hydrogen) atoms. The highest BCUT2D eigenvalue weighted by atomic mass is 16.5. The summed E-state index contributed by atoms with van der Waals surface area (Å²) in [6.45, 7) is 8.59. The van der Waals surface area contributed by atoms with Gasteiger partial charge in [-0.05, 0) is 52.0 Å². The Bertz CT molecular complexity index is 1230. The highest BCUT2D eigenvalue weighted by Gasteiger charge is 2.13. The van der Waals surface area contributed by atoms with E-state index in [1.807, 2.05) is 39.0 Å². The van der Waals surface area contributed by atoms with Crippen LogP contribution in [0.1, 0.15) is 41.0 Å². The summed E-state index contributed by atoms with van der Waals surface area (Å²) < 4.78 is 22.1. The summed E-state index contributed by atoms with van der Waals surface area (Å²) in [7, 11) is 0. The molecule has 3 aromatic rings. The lowest BCUT2D eigenvalue weighted by molar-refractivity contribution is -0.302. The molecule has 2 heterocycles. The second kappa shape index (κ2) is 11.7. The van der Waals surface area contributed by atoms with Gasteiger partial charge in [0.2, 0.25) is 0 Å². The fraction of sp³-hybridized carbons (Fsp3) is 0.320. The van der Waals surface area contributed by atoms with E-state index in [9.17, 15) is 9.59 Å². The minimum Gasteiger partial charge on any atom is -0.550 e. The summed E-state index contributed by atoms with van der Waals surface area (Å²) in [6, 6.07) is 6.55. The minimum atomic E-state index is -1.08. The Balaban J connectivity index is 0.000000890. The Kier molecular flexibility index (Phi) is 9.03. The van der Waals surface area contributed by atoms with Crippen molar-refractivity contribution in [2.75, 3.05) is 6.61 Å². The first-order valence-corrected chi connectivity index (χ1v) is 10.3. The zero-order valence-electron chi connectivity index (χ0n) is 19.3. The van der Waals surface area contributed by atoms with E-state index in [0.29, 0.717) is 35.3 Å². The zero-order valence-corrected chi connectivity index (χ0v) is 19.3. The topological polar surface area (TPSA) is 119 Å². The number of carboxylic acids is 1. The van der Waals surface area contributed by atoms with Crippen LogP contribution >= 0.6 is 0 Å². The Labute approximate surface area is 191 Å². The molecule has 0 fully saturated rings. The second-order valence-electron chi connectivity index (χ2n) is 7.65. The van der Waals surface area contributed by atoms with Crippen LogP contribution in [0.2, 0.25) is 0 Å². The Morgan fingerprint density at radius 3 is 2.36 bits per heavy atom. The van der Waals surface area contributed by atoms with Crippen molar-refractivity contribution in [2.24, 2.45) is 0 Å². The predicted octanol–water partition coefficient (Wildman–Crippen LogP) is 3.91. The average molecular weight is 455 g/mol. The van der Waals surface area contributed by atoms with Crippen LogP contribution in [0.25, 0.3) is 21.9 Å². The maximum Gasteiger partial charge on any atom is 0.336 e. The summed E-state index contributed by atoms with van der Waals surface area (Å²) in [5.74, 6) is -0.795. The third-order valence-corrected chi connectivity index (χ3v) is 4.33. The molecule has 0 N–H and O–H groups in total. The number of aliphatic carboxylic acids is 1. The van der Waals surface area contributed by atoms with E-state index in [1.165, 1.54) is 13.0 Å². The summed E-state index contributed by atoms with van der Waals surface area (Å²) in [5, 5.41) is 10.4. The SMILES string of the molecule is CC(=O)OC(C=C(C)C)C/C(C)=C/COc1c2ccoc2cc2oc(=O)ccc12.CC(=O)[O-]. The Morgan fingerprint density at radius 2 is 1.73 bits per heavy atom. The molecule has 0 aliphatic carbocycles. The van der Waals surface area contributed by atoms with Crippen molar-refractivity contribution in [2.45, 2.75) is 47.1 Å². The molecule has 0 radical (unpaired) electrons. The number of esters is 1. The molecule has 0 aliphatic rings. The van der Waals surface area contributed by atoms with Gasteiger partial charge >= 0.3 is 11.6 Å². The lowest BCUT2D eigenvalue weighted by Gasteiger charge is -2.15. The molecule has 1 unspecified atom stereocenters. The van der Waals surface area contributed by atoms with Crippen molar-refractivity contribution < 1.29 is 33.0 Å².